The number of fused-ring (bicyclic) bond motifs is 2. The highest BCUT2D eigenvalue weighted by atomic mass is 16.5. The van der Waals surface area contributed by atoms with Gasteiger partial charge in [-0.2, -0.15) is 0 Å². The molecule has 4 aromatic carbocycles. The summed E-state index contributed by atoms with van der Waals surface area (Å²) in [6, 6.07) is 24.4. The van der Waals surface area contributed by atoms with Crippen molar-refractivity contribution in [3.63, 3.8) is 0 Å². The normalized spacial score (nSPS) is 14.9. The van der Waals surface area contributed by atoms with Crippen LogP contribution in [0.3, 0.4) is 0 Å². The second kappa shape index (κ2) is 7.20. The molecule has 0 atom stereocenters. The molecule has 0 aromatic heterocycles. The summed E-state index contributed by atoms with van der Waals surface area (Å²) in [7, 11) is 1.64. The van der Waals surface area contributed by atoms with E-state index in [9.17, 15) is 4.79 Å². The van der Waals surface area contributed by atoms with E-state index in [1.54, 1.807) is 13.2 Å². The van der Waals surface area contributed by atoms with Crippen molar-refractivity contribution >= 4 is 39.3 Å². The average molecular weight is 392 g/mol. The lowest BCUT2D eigenvalue weighted by Gasteiger charge is -2.09. The van der Waals surface area contributed by atoms with Gasteiger partial charge < -0.3 is 9.47 Å². The molecule has 30 heavy (non-hydrogen) atoms. The number of benzene rings is 4. The largest absolute Gasteiger partial charge is 0.496 e. The molecule has 4 aromatic rings. The minimum Gasteiger partial charge on any atom is -0.496 e. The molecule has 0 amide bonds. The van der Waals surface area contributed by atoms with Crippen LogP contribution in [0.2, 0.25) is 0 Å². The van der Waals surface area contributed by atoms with Gasteiger partial charge in [-0.3, -0.25) is 0 Å². The fourth-order valence-corrected chi connectivity index (χ4v) is 3.91. The number of carbonyl (C=O) groups is 1. The molecule has 146 valence electrons. The molecule has 1 aliphatic rings. The van der Waals surface area contributed by atoms with Crippen LogP contribution in [-0.4, -0.2) is 13.1 Å². The fourth-order valence-electron chi connectivity index (χ4n) is 3.91. The number of hydrogen-bond acceptors (Lipinski definition) is 3. The number of carbonyl (C=O) groups excluding carboxylic acids is 1. The zero-order chi connectivity index (χ0) is 20.7. The molecule has 0 N–H and O–H groups in total. The minimum atomic E-state index is -0.357. The van der Waals surface area contributed by atoms with Crippen LogP contribution in [-0.2, 0) is 9.53 Å². The molecule has 0 saturated heterocycles. The van der Waals surface area contributed by atoms with Gasteiger partial charge in [-0.1, -0.05) is 66.2 Å². The Morgan fingerprint density at radius 3 is 2.50 bits per heavy atom. The van der Waals surface area contributed by atoms with E-state index in [0.29, 0.717) is 11.3 Å². The van der Waals surface area contributed by atoms with Crippen molar-refractivity contribution < 1.29 is 14.3 Å². The molecule has 3 heteroatoms. The summed E-state index contributed by atoms with van der Waals surface area (Å²) in [5.74, 6) is 0.925. The highest BCUT2D eigenvalue weighted by molar-refractivity contribution is 6.07. The Labute approximate surface area is 174 Å². The van der Waals surface area contributed by atoms with Gasteiger partial charge in [0.25, 0.3) is 0 Å². The molecule has 1 heterocycles. The van der Waals surface area contributed by atoms with Gasteiger partial charge in [0.05, 0.1) is 12.7 Å². The first-order valence-electron chi connectivity index (χ1n) is 9.84. The van der Waals surface area contributed by atoms with E-state index in [2.05, 4.69) is 37.3 Å². The van der Waals surface area contributed by atoms with Crippen molar-refractivity contribution in [1.29, 1.82) is 0 Å². The number of aryl methyl sites for hydroxylation is 1. The summed E-state index contributed by atoms with van der Waals surface area (Å²) in [5.41, 5.74) is 3.47. The van der Waals surface area contributed by atoms with Crippen LogP contribution in [0.25, 0.3) is 33.4 Å². The van der Waals surface area contributed by atoms with Crippen LogP contribution in [0.5, 0.6) is 5.75 Å². The molecule has 0 unspecified atom stereocenters. The Kier molecular flexibility index (Phi) is 4.36. The van der Waals surface area contributed by atoms with E-state index in [4.69, 9.17) is 9.47 Å². The van der Waals surface area contributed by atoms with Crippen LogP contribution >= 0.6 is 0 Å². The van der Waals surface area contributed by atoms with E-state index in [1.807, 2.05) is 48.5 Å². The first-order chi connectivity index (χ1) is 14.6. The number of ether oxygens (including phenoxy) is 2. The van der Waals surface area contributed by atoms with Gasteiger partial charge in [0.15, 0.2) is 0 Å². The maximum absolute atomic E-state index is 12.6. The number of cyclic esters (lactones) is 1. The Bertz CT molecular complexity index is 1380. The third kappa shape index (κ3) is 3.15. The Balaban J connectivity index is 1.60. The Morgan fingerprint density at radius 2 is 1.63 bits per heavy atom. The molecule has 0 aliphatic carbocycles. The van der Waals surface area contributed by atoms with Crippen molar-refractivity contribution in [2.24, 2.45) is 0 Å². The highest BCUT2D eigenvalue weighted by Crippen LogP contribution is 2.34. The monoisotopic (exact) mass is 392 g/mol. The van der Waals surface area contributed by atoms with Crippen LogP contribution in [0.4, 0.5) is 0 Å². The molecule has 0 radical (unpaired) electrons. The summed E-state index contributed by atoms with van der Waals surface area (Å²) in [6.45, 7) is 2.08. The van der Waals surface area contributed by atoms with E-state index < -0.39 is 0 Å². The molecule has 5 rings (SSSR count). The maximum atomic E-state index is 12.6. The zero-order valence-electron chi connectivity index (χ0n) is 16.8. The quantitative estimate of drug-likeness (QED) is 0.303. The van der Waals surface area contributed by atoms with Crippen molar-refractivity contribution in [2.45, 2.75) is 6.92 Å². The third-order valence-electron chi connectivity index (χ3n) is 5.46. The third-order valence-corrected chi connectivity index (χ3v) is 5.46. The van der Waals surface area contributed by atoms with E-state index in [1.165, 1.54) is 10.9 Å². The van der Waals surface area contributed by atoms with E-state index in [0.717, 1.165) is 33.0 Å². The van der Waals surface area contributed by atoms with Crippen LogP contribution in [0.15, 0.2) is 84.4 Å². The number of esters is 1. The highest BCUT2D eigenvalue weighted by Gasteiger charge is 2.23. The Morgan fingerprint density at radius 1 is 0.867 bits per heavy atom. The van der Waals surface area contributed by atoms with E-state index >= 15 is 0 Å². The summed E-state index contributed by atoms with van der Waals surface area (Å²) < 4.78 is 11.2. The van der Waals surface area contributed by atoms with Gasteiger partial charge in [-0.25, -0.2) is 4.79 Å². The molecule has 0 spiro atoms. The topological polar surface area (TPSA) is 35.5 Å². The molecule has 3 nitrogen and oxygen atoms in total. The molecule has 0 fully saturated rings. The lowest BCUT2D eigenvalue weighted by atomic mass is 10.0. The van der Waals surface area contributed by atoms with Crippen LogP contribution in [0, 0.1) is 6.92 Å². The van der Waals surface area contributed by atoms with Crippen molar-refractivity contribution in [1.82, 2.24) is 0 Å². The first kappa shape index (κ1) is 18.2. The maximum Gasteiger partial charge on any atom is 0.343 e. The van der Waals surface area contributed by atoms with Crippen molar-refractivity contribution in [3.05, 3.63) is 101 Å². The SMILES string of the molecule is COc1ccc2ccccc2c1/C=C1/C=C(c2ccc3cc(C)ccc3c2)OC1=O. The zero-order valence-corrected chi connectivity index (χ0v) is 16.8. The van der Waals surface area contributed by atoms with Crippen LogP contribution < -0.4 is 4.74 Å². The number of rotatable bonds is 3. The second-order valence-electron chi connectivity index (χ2n) is 7.47. The second-order valence-corrected chi connectivity index (χ2v) is 7.47. The van der Waals surface area contributed by atoms with Gasteiger partial charge in [0.2, 0.25) is 0 Å². The first-order valence-corrected chi connectivity index (χ1v) is 9.84. The van der Waals surface area contributed by atoms with Gasteiger partial charge in [0.1, 0.15) is 11.5 Å². The summed E-state index contributed by atoms with van der Waals surface area (Å²) >= 11 is 0. The van der Waals surface area contributed by atoms with Crippen LogP contribution in [0.1, 0.15) is 16.7 Å². The molecule has 1 aliphatic heterocycles. The van der Waals surface area contributed by atoms with Gasteiger partial charge in [-0.05, 0) is 52.8 Å². The van der Waals surface area contributed by atoms with E-state index in [-0.39, 0.29) is 5.97 Å². The van der Waals surface area contributed by atoms with Crippen molar-refractivity contribution in [2.75, 3.05) is 7.11 Å². The summed E-state index contributed by atoms with van der Waals surface area (Å²) in [4.78, 5) is 12.6. The molecular weight excluding hydrogens is 372 g/mol. The average Bonchev–Trinajstić information content (AvgIpc) is 3.14. The van der Waals surface area contributed by atoms with Gasteiger partial charge in [-0.15, -0.1) is 0 Å². The standard InChI is InChI=1S/C27H20O3/c1-17-7-8-20-14-21(10-9-19(20)13-17)26-16-22(27(28)30-26)15-24-23-6-4-3-5-18(23)11-12-25(24)29-2/h3-16H,1-2H3/b22-15-. The molecule has 0 saturated carbocycles. The fraction of sp³-hybridized carbons (Fsp3) is 0.0741. The summed E-state index contributed by atoms with van der Waals surface area (Å²) in [5, 5.41) is 4.40. The lowest BCUT2D eigenvalue weighted by Crippen LogP contribution is -1.98. The smallest absolute Gasteiger partial charge is 0.343 e. The number of methoxy groups -OCH3 is 1. The number of hydrogen-bond donors (Lipinski definition) is 0. The van der Waals surface area contributed by atoms with Crippen molar-refractivity contribution in [3.8, 4) is 5.75 Å². The van der Waals surface area contributed by atoms with Gasteiger partial charge >= 0.3 is 5.97 Å². The predicted octanol–water partition coefficient (Wildman–Crippen LogP) is 6.29. The van der Waals surface area contributed by atoms with Gasteiger partial charge in [0, 0.05) is 11.1 Å². The minimum absolute atomic E-state index is 0.357. The molecule has 0 bridgehead atoms. The Hall–Kier alpha value is -3.85. The summed E-state index contributed by atoms with van der Waals surface area (Å²) in [6.07, 6.45) is 3.65. The predicted molar refractivity (Wildman–Crippen MR) is 121 cm³/mol. The molecular formula is C27H20O3. The lowest BCUT2D eigenvalue weighted by molar-refractivity contribution is -0.130.